The molecule has 5 heterocycles. The number of ketones is 1. The van der Waals surface area contributed by atoms with Crippen LogP contribution in [0.1, 0.15) is 36.0 Å². The fourth-order valence-corrected chi connectivity index (χ4v) is 5.30. The number of hydrogen-bond donors (Lipinski definition) is 1. The molecular weight excluding hydrogens is 422 g/mol. The molecule has 2 aliphatic heterocycles. The average molecular weight is 447 g/mol. The van der Waals surface area contributed by atoms with Crippen molar-refractivity contribution in [3.8, 4) is 5.88 Å². The minimum Gasteiger partial charge on any atom is -0.474 e. The molecule has 3 aromatic rings. The molecule has 170 valence electrons. The monoisotopic (exact) mass is 447 g/mol. The molecule has 3 aromatic heterocycles. The van der Waals surface area contributed by atoms with Crippen molar-refractivity contribution in [1.82, 2.24) is 15.0 Å². The predicted octanol–water partition coefficient (Wildman–Crippen LogP) is 3.22. The quantitative estimate of drug-likeness (QED) is 0.611. The van der Waals surface area contributed by atoms with Crippen molar-refractivity contribution in [3.05, 3.63) is 36.2 Å². The Bertz CT molecular complexity index is 1250. The van der Waals surface area contributed by atoms with Gasteiger partial charge >= 0.3 is 5.97 Å². The number of anilines is 3. The number of aromatic nitrogens is 3. The molecule has 0 bridgehead atoms. The summed E-state index contributed by atoms with van der Waals surface area (Å²) >= 11 is 0. The van der Waals surface area contributed by atoms with Gasteiger partial charge in [0, 0.05) is 49.8 Å². The number of nitrogens with zero attached hydrogens (tertiary/aromatic N) is 4. The Labute approximate surface area is 190 Å². The van der Waals surface area contributed by atoms with Gasteiger partial charge in [0.25, 0.3) is 0 Å². The summed E-state index contributed by atoms with van der Waals surface area (Å²) in [5.41, 5.74) is 2.89. The maximum atomic E-state index is 12.6. The summed E-state index contributed by atoms with van der Waals surface area (Å²) in [5.74, 6) is 1.29. The molecular formula is C24H25N5O4. The van der Waals surface area contributed by atoms with Gasteiger partial charge in [0.05, 0.1) is 19.3 Å². The molecule has 2 fully saturated rings. The molecule has 0 radical (unpaired) electrons. The van der Waals surface area contributed by atoms with Gasteiger partial charge in [-0.05, 0) is 30.4 Å². The number of methoxy groups -OCH3 is 1. The topological polar surface area (TPSA) is 101 Å². The molecule has 0 atom stereocenters. The number of carbonyl (C=O) groups excluding carboxylic acids is 2. The van der Waals surface area contributed by atoms with Crippen LogP contribution in [-0.2, 0) is 9.53 Å². The van der Waals surface area contributed by atoms with E-state index in [-0.39, 0.29) is 5.41 Å². The first-order valence-electron chi connectivity index (χ1n) is 11.3. The van der Waals surface area contributed by atoms with Crippen LogP contribution in [0, 0.1) is 5.41 Å². The van der Waals surface area contributed by atoms with E-state index < -0.39 is 5.97 Å². The van der Waals surface area contributed by atoms with Crippen LogP contribution in [0.5, 0.6) is 5.88 Å². The number of carbonyl (C=O) groups is 2. The van der Waals surface area contributed by atoms with E-state index >= 15 is 0 Å². The summed E-state index contributed by atoms with van der Waals surface area (Å²) in [6.07, 6.45) is 6.86. The first-order valence-corrected chi connectivity index (χ1v) is 11.3. The zero-order chi connectivity index (χ0) is 22.6. The van der Waals surface area contributed by atoms with Crippen molar-refractivity contribution < 1.29 is 19.1 Å². The van der Waals surface area contributed by atoms with E-state index in [0.29, 0.717) is 43.2 Å². The maximum Gasteiger partial charge on any atom is 0.341 e. The van der Waals surface area contributed by atoms with Crippen molar-refractivity contribution in [2.24, 2.45) is 5.41 Å². The normalized spacial score (nSPS) is 19.2. The van der Waals surface area contributed by atoms with E-state index in [4.69, 9.17) is 9.47 Å². The lowest BCUT2D eigenvalue weighted by atomic mass is 9.62. The van der Waals surface area contributed by atoms with Crippen LogP contribution in [0.25, 0.3) is 11.0 Å². The first kappa shape index (κ1) is 20.0. The van der Waals surface area contributed by atoms with E-state index in [1.807, 2.05) is 24.4 Å². The number of hydrogen-bond acceptors (Lipinski definition) is 8. The fraction of sp³-hybridized carbons (Fsp3) is 0.417. The molecule has 1 saturated heterocycles. The minimum atomic E-state index is -0.432. The number of esters is 1. The van der Waals surface area contributed by atoms with Crippen molar-refractivity contribution in [3.63, 3.8) is 0 Å². The van der Waals surface area contributed by atoms with Crippen LogP contribution in [-0.4, -0.2) is 60.1 Å². The molecule has 0 unspecified atom stereocenters. The van der Waals surface area contributed by atoms with Crippen molar-refractivity contribution in [1.29, 1.82) is 0 Å². The number of pyridine rings is 2. The molecule has 1 aliphatic carbocycles. The van der Waals surface area contributed by atoms with E-state index in [2.05, 4.69) is 24.8 Å². The molecule has 1 saturated carbocycles. The molecule has 33 heavy (non-hydrogen) atoms. The Morgan fingerprint density at radius 1 is 1.18 bits per heavy atom. The Hall–Kier alpha value is -3.62. The highest BCUT2D eigenvalue weighted by Crippen LogP contribution is 2.47. The molecule has 9 heteroatoms. The highest BCUT2D eigenvalue weighted by atomic mass is 16.5. The first-order chi connectivity index (χ1) is 16.0. The lowest BCUT2D eigenvalue weighted by molar-refractivity contribution is -0.133. The van der Waals surface area contributed by atoms with Gasteiger partial charge in [-0.25, -0.2) is 9.78 Å². The Morgan fingerprint density at radius 2 is 2.00 bits per heavy atom. The van der Waals surface area contributed by atoms with E-state index in [1.54, 1.807) is 6.20 Å². The molecule has 1 spiro atoms. The molecule has 0 amide bonds. The van der Waals surface area contributed by atoms with E-state index in [0.717, 1.165) is 54.2 Å². The Morgan fingerprint density at radius 3 is 2.76 bits per heavy atom. The van der Waals surface area contributed by atoms with Crippen LogP contribution in [0.15, 0.2) is 30.6 Å². The molecule has 3 aliphatic rings. The third-order valence-corrected chi connectivity index (χ3v) is 7.18. The largest absolute Gasteiger partial charge is 0.474 e. The number of Topliss-reactive ketones (excluding diaryl/α,β-unsaturated/α-hetero) is 1. The zero-order valence-corrected chi connectivity index (χ0v) is 18.5. The summed E-state index contributed by atoms with van der Waals surface area (Å²) < 4.78 is 10.9. The second kappa shape index (κ2) is 7.47. The molecule has 1 N–H and O–H groups in total. The van der Waals surface area contributed by atoms with Crippen LogP contribution >= 0.6 is 0 Å². The summed E-state index contributed by atoms with van der Waals surface area (Å²) in [6, 6.07) is 5.95. The second-order valence-electron chi connectivity index (χ2n) is 9.16. The van der Waals surface area contributed by atoms with Gasteiger partial charge in [-0.2, -0.15) is 4.98 Å². The zero-order valence-electron chi connectivity index (χ0n) is 18.5. The van der Waals surface area contributed by atoms with E-state index in [1.165, 1.54) is 7.11 Å². The van der Waals surface area contributed by atoms with Gasteiger partial charge < -0.3 is 24.3 Å². The summed E-state index contributed by atoms with van der Waals surface area (Å²) in [5, 5.41) is 0.967. The number of ether oxygens (including phenoxy) is 2. The Balaban J connectivity index is 1.37. The van der Waals surface area contributed by atoms with Crippen molar-refractivity contribution in [2.45, 2.75) is 25.7 Å². The van der Waals surface area contributed by atoms with Crippen LogP contribution < -0.4 is 14.5 Å². The highest BCUT2D eigenvalue weighted by Gasteiger charge is 2.45. The second-order valence-corrected chi connectivity index (χ2v) is 9.16. The van der Waals surface area contributed by atoms with Crippen LogP contribution in [0.2, 0.25) is 0 Å². The average Bonchev–Trinajstić information content (AvgIpc) is 3.28. The minimum absolute atomic E-state index is 0.194. The van der Waals surface area contributed by atoms with Gasteiger partial charge in [0.15, 0.2) is 0 Å². The number of H-pyrrole nitrogens is 1. The van der Waals surface area contributed by atoms with Gasteiger partial charge in [-0.1, -0.05) is 0 Å². The van der Waals surface area contributed by atoms with Gasteiger partial charge in [-0.15, -0.1) is 0 Å². The SMILES string of the molecule is COC(=O)c1cnc(N2CCC3(CC2)CC(=O)C3)cc1N1CCOc2nc3[nH]ccc3cc21. The predicted molar refractivity (Wildman–Crippen MR) is 122 cm³/mol. The Kier molecular flexibility index (Phi) is 4.53. The number of nitrogens with one attached hydrogen (secondary N) is 1. The number of piperidine rings is 1. The molecule has 9 nitrogen and oxygen atoms in total. The van der Waals surface area contributed by atoms with Crippen molar-refractivity contribution >= 4 is 40.0 Å². The summed E-state index contributed by atoms with van der Waals surface area (Å²) in [6.45, 7) is 2.72. The lowest BCUT2D eigenvalue weighted by Gasteiger charge is -2.47. The van der Waals surface area contributed by atoms with Gasteiger partial charge in [-0.3, -0.25) is 4.79 Å². The lowest BCUT2D eigenvalue weighted by Crippen LogP contribution is -2.47. The summed E-state index contributed by atoms with van der Waals surface area (Å²) in [4.78, 5) is 40.8. The number of fused-ring (bicyclic) bond motifs is 2. The van der Waals surface area contributed by atoms with Crippen molar-refractivity contribution in [2.75, 3.05) is 43.2 Å². The fourth-order valence-electron chi connectivity index (χ4n) is 5.30. The van der Waals surface area contributed by atoms with E-state index in [9.17, 15) is 9.59 Å². The highest BCUT2D eigenvalue weighted by molar-refractivity contribution is 5.98. The number of rotatable bonds is 3. The molecule has 6 rings (SSSR count). The maximum absolute atomic E-state index is 12.6. The van der Waals surface area contributed by atoms with Gasteiger partial charge in [0.1, 0.15) is 35.1 Å². The number of aromatic amines is 1. The third-order valence-electron chi connectivity index (χ3n) is 7.18. The molecule has 0 aromatic carbocycles. The third kappa shape index (κ3) is 3.30. The smallest absolute Gasteiger partial charge is 0.341 e. The summed E-state index contributed by atoms with van der Waals surface area (Å²) in [7, 11) is 1.38. The van der Waals surface area contributed by atoms with Gasteiger partial charge in [0.2, 0.25) is 5.88 Å². The van der Waals surface area contributed by atoms with Crippen LogP contribution in [0.3, 0.4) is 0 Å². The van der Waals surface area contributed by atoms with Crippen LogP contribution in [0.4, 0.5) is 17.2 Å². The standard InChI is InChI=1S/C24H25N5O4/c1-32-23(31)17-14-26-20(28-6-3-24(4-7-28)12-16(30)13-24)11-18(17)29-8-9-33-22-19(29)10-15-2-5-25-21(15)27-22/h2,5,10-11,14H,3-4,6-9,12-13H2,1H3,(H,25,27).